The second-order valence-electron chi connectivity index (χ2n) is 7.51. The van der Waals surface area contributed by atoms with Gasteiger partial charge < -0.3 is 5.32 Å². The van der Waals surface area contributed by atoms with Gasteiger partial charge in [-0.2, -0.15) is 9.97 Å². The van der Waals surface area contributed by atoms with Crippen LogP contribution in [0.25, 0.3) is 22.8 Å². The van der Waals surface area contributed by atoms with E-state index in [1.54, 1.807) is 0 Å². The molecule has 6 rings (SSSR count). The molecule has 5 nitrogen and oxygen atoms in total. The fraction of sp³-hybridized carbons (Fsp3) is 0. The number of aromatic nitrogens is 3. The van der Waals surface area contributed by atoms with Crippen molar-refractivity contribution in [1.29, 1.82) is 0 Å². The quantitative estimate of drug-likeness (QED) is 0.348. The first-order chi connectivity index (χ1) is 15.9. The number of hydrogen-bond acceptors (Lipinski definition) is 5. The van der Waals surface area contributed by atoms with Gasteiger partial charge in [-0.25, -0.2) is 4.98 Å². The van der Waals surface area contributed by atoms with Gasteiger partial charge in [-0.3, -0.25) is 4.90 Å². The summed E-state index contributed by atoms with van der Waals surface area (Å²) in [7, 11) is 0. The highest BCUT2D eigenvalue weighted by Gasteiger charge is 2.26. The Kier molecular flexibility index (Phi) is 4.36. The number of anilines is 5. The van der Waals surface area contributed by atoms with Crippen molar-refractivity contribution in [1.82, 2.24) is 15.0 Å². The lowest BCUT2D eigenvalue weighted by Crippen LogP contribution is -2.20. The molecule has 4 aromatic carbocycles. The van der Waals surface area contributed by atoms with Crippen LogP contribution in [-0.2, 0) is 0 Å². The highest BCUT2D eigenvalue weighted by Crippen LogP contribution is 2.46. The lowest BCUT2D eigenvalue weighted by Gasteiger charge is -2.32. The van der Waals surface area contributed by atoms with Gasteiger partial charge in [0.1, 0.15) is 0 Å². The van der Waals surface area contributed by atoms with Crippen LogP contribution in [0.15, 0.2) is 109 Å². The van der Waals surface area contributed by atoms with Gasteiger partial charge in [0.05, 0.1) is 22.7 Å². The molecule has 0 spiro atoms. The first-order valence-electron chi connectivity index (χ1n) is 10.5. The maximum Gasteiger partial charge on any atom is 0.238 e. The first kappa shape index (κ1) is 18.3. The van der Waals surface area contributed by atoms with E-state index in [9.17, 15) is 0 Å². The molecule has 5 heteroatoms. The second kappa shape index (κ2) is 7.63. The van der Waals surface area contributed by atoms with E-state index in [1.807, 2.05) is 84.9 Å². The van der Waals surface area contributed by atoms with E-state index in [0.717, 1.165) is 33.9 Å². The molecule has 5 aromatic rings. The minimum atomic E-state index is 0.583. The van der Waals surface area contributed by atoms with Crippen molar-refractivity contribution in [2.45, 2.75) is 0 Å². The molecular weight excluding hydrogens is 394 g/mol. The standard InChI is InChI=1S/C27H19N5/c1-3-11-19(12-4-1)25-29-26(20-13-5-2-6-14-20)31-27(30-25)32-23-17-9-7-15-21(23)28-22-16-8-10-18-24(22)32/h1-18,28H. The smallest absolute Gasteiger partial charge is 0.238 e. The lowest BCUT2D eigenvalue weighted by atomic mass is 10.1. The van der Waals surface area contributed by atoms with Crippen molar-refractivity contribution in [2.24, 2.45) is 0 Å². The molecule has 1 aliphatic heterocycles. The molecular formula is C27H19N5. The van der Waals surface area contributed by atoms with Gasteiger partial charge in [0, 0.05) is 11.1 Å². The third kappa shape index (κ3) is 3.17. The predicted molar refractivity (Wildman–Crippen MR) is 129 cm³/mol. The van der Waals surface area contributed by atoms with Crippen LogP contribution in [0.2, 0.25) is 0 Å². The molecule has 0 aliphatic carbocycles. The van der Waals surface area contributed by atoms with Crippen molar-refractivity contribution in [3.8, 4) is 22.8 Å². The summed E-state index contributed by atoms with van der Waals surface area (Å²) < 4.78 is 0. The Morgan fingerprint density at radius 1 is 0.469 bits per heavy atom. The third-order valence-corrected chi connectivity index (χ3v) is 5.45. The zero-order valence-corrected chi connectivity index (χ0v) is 17.2. The molecule has 1 aliphatic rings. The zero-order chi connectivity index (χ0) is 21.3. The van der Waals surface area contributed by atoms with E-state index < -0.39 is 0 Å². The minimum absolute atomic E-state index is 0.583. The summed E-state index contributed by atoms with van der Waals surface area (Å²) >= 11 is 0. The van der Waals surface area contributed by atoms with Crippen molar-refractivity contribution in [3.63, 3.8) is 0 Å². The Hall–Kier alpha value is -4.51. The molecule has 1 aromatic heterocycles. The highest BCUT2D eigenvalue weighted by atomic mass is 15.3. The minimum Gasteiger partial charge on any atom is -0.352 e. The van der Waals surface area contributed by atoms with Gasteiger partial charge in [0.25, 0.3) is 0 Å². The average Bonchev–Trinajstić information content (AvgIpc) is 2.88. The van der Waals surface area contributed by atoms with Crippen LogP contribution >= 0.6 is 0 Å². The summed E-state index contributed by atoms with van der Waals surface area (Å²) in [5, 5.41) is 3.52. The Bertz CT molecular complexity index is 1300. The van der Waals surface area contributed by atoms with Crippen LogP contribution in [0.1, 0.15) is 0 Å². The summed E-state index contributed by atoms with van der Waals surface area (Å²) in [5.74, 6) is 1.87. The highest BCUT2D eigenvalue weighted by molar-refractivity contribution is 5.95. The van der Waals surface area contributed by atoms with Gasteiger partial charge in [-0.1, -0.05) is 84.9 Å². The van der Waals surface area contributed by atoms with Gasteiger partial charge in [-0.15, -0.1) is 0 Å². The van der Waals surface area contributed by atoms with E-state index in [-0.39, 0.29) is 0 Å². The number of rotatable bonds is 3. The van der Waals surface area contributed by atoms with Gasteiger partial charge >= 0.3 is 0 Å². The van der Waals surface area contributed by atoms with Gasteiger partial charge in [-0.05, 0) is 24.3 Å². The number of hydrogen-bond donors (Lipinski definition) is 1. The van der Waals surface area contributed by atoms with Crippen molar-refractivity contribution >= 4 is 28.7 Å². The van der Waals surface area contributed by atoms with Crippen LogP contribution in [0.3, 0.4) is 0 Å². The van der Waals surface area contributed by atoms with Crippen LogP contribution in [0.4, 0.5) is 28.7 Å². The van der Waals surface area contributed by atoms with E-state index in [2.05, 4.69) is 34.5 Å². The van der Waals surface area contributed by atoms with Gasteiger partial charge in [0.2, 0.25) is 5.95 Å². The number of nitrogens with one attached hydrogen (secondary N) is 1. The monoisotopic (exact) mass is 413 g/mol. The molecule has 32 heavy (non-hydrogen) atoms. The Morgan fingerprint density at radius 2 is 0.906 bits per heavy atom. The van der Waals surface area contributed by atoms with Crippen LogP contribution in [0.5, 0.6) is 0 Å². The van der Waals surface area contributed by atoms with E-state index >= 15 is 0 Å². The first-order valence-corrected chi connectivity index (χ1v) is 10.5. The number of benzene rings is 4. The second-order valence-corrected chi connectivity index (χ2v) is 7.51. The number of para-hydroxylation sites is 4. The summed E-state index contributed by atoms with van der Waals surface area (Å²) in [5.41, 5.74) is 5.91. The molecule has 0 bridgehead atoms. The van der Waals surface area contributed by atoms with Crippen LogP contribution in [-0.4, -0.2) is 15.0 Å². The summed E-state index contributed by atoms with van der Waals surface area (Å²) in [4.78, 5) is 16.8. The summed E-state index contributed by atoms with van der Waals surface area (Å²) in [6, 6.07) is 36.4. The molecule has 0 atom stereocenters. The fourth-order valence-corrected chi connectivity index (χ4v) is 3.94. The Balaban J connectivity index is 1.61. The predicted octanol–water partition coefficient (Wildman–Crippen LogP) is 6.73. The molecule has 2 heterocycles. The fourth-order valence-electron chi connectivity index (χ4n) is 3.94. The van der Waals surface area contributed by atoms with Crippen molar-refractivity contribution in [3.05, 3.63) is 109 Å². The molecule has 0 unspecified atom stereocenters. The molecule has 0 saturated heterocycles. The average molecular weight is 413 g/mol. The largest absolute Gasteiger partial charge is 0.352 e. The van der Waals surface area contributed by atoms with E-state index in [1.165, 1.54) is 0 Å². The van der Waals surface area contributed by atoms with Gasteiger partial charge in [0.15, 0.2) is 11.6 Å². The number of fused-ring (bicyclic) bond motifs is 2. The molecule has 0 fully saturated rings. The van der Waals surface area contributed by atoms with E-state index in [4.69, 9.17) is 15.0 Å². The lowest BCUT2D eigenvalue weighted by molar-refractivity contribution is 1.02. The normalized spacial score (nSPS) is 11.9. The maximum atomic E-state index is 4.93. The van der Waals surface area contributed by atoms with Crippen LogP contribution < -0.4 is 10.2 Å². The summed E-state index contributed by atoms with van der Waals surface area (Å²) in [6.07, 6.45) is 0. The molecule has 1 N–H and O–H groups in total. The van der Waals surface area contributed by atoms with Crippen LogP contribution in [0, 0.1) is 0 Å². The Labute approximate surface area is 186 Å². The maximum absolute atomic E-state index is 4.93. The topological polar surface area (TPSA) is 53.9 Å². The van der Waals surface area contributed by atoms with Crippen molar-refractivity contribution < 1.29 is 0 Å². The SMILES string of the molecule is c1ccc(-c2nc(-c3ccccc3)nc(N3c4ccccc4Nc4ccccc43)n2)cc1. The molecule has 152 valence electrons. The zero-order valence-electron chi connectivity index (χ0n) is 17.2. The van der Waals surface area contributed by atoms with E-state index in [0.29, 0.717) is 17.6 Å². The molecule has 0 radical (unpaired) electrons. The third-order valence-electron chi connectivity index (χ3n) is 5.45. The Morgan fingerprint density at radius 3 is 1.41 bits per heavy atom. The molecule has 0 saturated carbocycles. The van der Waals surface area contributed by atoms with Crippen molar-refractivity contribution in [2.75, 3.05) is 10.2 Å². The summed E-state index contributed by atoms with van der Waals surface area (Å²) in [6.45, 7) is 0. The number of nitrogens with zero attached hydrogens (tertiary/aromatic N) is 4. The molecule has 0 amide bonds.